The van der Waals surface area contributed by atoms with Crippen molar-refractivity contribution in [3.8, 4) is 22.5 Å². The number of carbonyl (C=O) groups excluding carboxylic acids is 1. The molecule has 0 atom stereocenters. The molecule has 142 valence electrons. The first-order valence-corrected chi connectivity index (χ1v) is 10.5. The van der Waals surface area contributed by atoms with Crippen LogP contribution in [0.1, 0.15) is 10.4 Å². The van der Waals surface area contributed by atoms with Gasteiger partial charge in [0.15, 0.2) is 10.9 Å². The Labute approximate surface area is 178 Å². The lowest BCUT2D eigenvalue weighted by Crippen LogP contribution is -2.03. The van der Waals surface area contributed by atoms with E-state index in [4.69, 9.17) is 11.6 Å². The number of thioether (sulfide) groups is 1. The Bertz CT molecular complexity index is 1060. The molecule has 0 amide bonds. The normalized spacial score (nSPS) is 10.7. The molecule has 4 aromatic rings. The van der Waals surface area contributed by atoms with E-state index in [0.717, 1.165) is 22.5 Å². The fourth-order valence-electron chi connectivity index (χ4n) is 2.85. The molecule has 0 saturated heterocycles. The predicted octanol–water partition coefficient (Wildman–Crippen LogP) is 6.44. The summed E-state index contributed by atoms with van der Waals surface area (Å²) in [5, 5.41) is 1.19. The number of rotatable bonds is 6. The summed E-state index contributed by atoms with van der Waals surface area (Å²) in [7, 11) is 0. The standard InChI is InChI=1S/C24H17ClN2OS/c25-20-13-11-19(12-14-20)23(28)16-29-24-26-21(17-7-3-1-4-8-17)15-22(27-24)18-9-5-2-6-10-18/h1-15H,16H2. The molecule has 3 nitrogen and oxygen atoms in total. The monoisotopic (exact) mass is 416 g/mol. The molecular weight excluding hydrogens is 400 g/mol. The van der Waals surface area contributed by atoms with Crippen LogP contribution in [0, 0.1) is 0 Å². The second-order valence-corrected chi connectivity index (χ2v) is 7.75. The van der Waals surface area contributed by atoms with Crippen LogP contribution in [0.4, 0.5) is 0 Å². The van der Waals surface area contributed by atoms with Crippen LogP contribution in [0.2, 0.25) is 5.02 Å². The summed E-state index contributed by atoms with van der Waals surface area (Å²) >= 11 is 7.24. The molecule has 0 radical (unpaired) electrons. The summed E-state index contributed by atoms with van der Waals surface area (Å²) in [4.78, 5) is 21.9. The number of benzene rings is 3. The first kappa shape index (κ1) is 19.4. The Morgan fingerprint density at radius 2 is 1.28 bits per heavy atom. The average Bonchev–Trinajstić information content (AvgIpc) is 2.79. The van der Waals surface area contributed by atoms with Gasteiger partial charge in [0.25, 0.3) is 0 Å². The minimum atomic E-state index is 0.0154. The van der Waals surface area contributed by atoms with Gasteiger partial charge in [-0.1, -0.05) is 84.0 Å². The van der Waals surface area contributed by atoms with Crippen molar-refractivity contribution in [2.24, 2.45) is 0 Å². The number of Topliss-reactive ketones (excluding diaryl/α,β-unsaturated/α-hetero) is 1. The summed E-state index contributed by atoms with van der Waals surface area (Å²) in [5.41, 5.74) is 4.32. The van der Waals surface area contributed by atoms with Gasteiger partial charge in [-0.2, -0.15) is 0 Å². The van der Waals surface area contributed by atoms with E-state index in [-0.39, 0.29) is 11.5 Å². The minimum absolute atomic E-state index is 0.0154. The lowest BCUT2D eigenvalue weighted by molar-refractivity contribution is 0.102. The van der Waals surface area contributed by atoms with Gasteiger partial charge in [-0.25, -0.2) is 9.97 Å². The molecular formula is C24H17ClN2OS. The second-order valence-electron chi connectivity index (χ2n) is 6.37. The Balaban J connectivity index is 1.63. The van der Waals surface area contributed by atoms with Gasteiger partial charge in [-0.05, 0) is 30.3 Å². The van der Waals surface area contributed by atoms with Crippen molar-refractivity contribution < 1.29 is 4.79 Å². The summed E-state index contributed by atoms with van der Waals surface area (Å²) in [5.74, 6) is 0.273. The number of halogens is 1. The summed E-state index contributed by atoms with van der Waals surface area (Å²) in [6.45, 7) is 0. The highest BCUT2D eigenvalue weighted by Gasteiger charge is 2.12. The molecule has 4 rings (SSSR count). The van der Waals surface area contributed by atoms with Crippen molar-refractivity contribution in [2.45, 2.75) is 5.16 Å². The zero-order valence-electron chi connectivity index (χ0n) is 15.5. The topological polar surface area (TPSA) is 42.9 Å². The summed E-state index contributed by atoms with van der Waals surface area (Å²) in [6, 6.07) is 28.9. The van der Waals surface area contributed by atoms with Gasteiger partial charge in [-0.15, -0.1) is 0 Å². The molecule has 29 heavy (non-hydrogen) atoms. The molecule has 0 fully saturated rings. The van der Waals surface area contributed by atoms with E-state index in [1.54, 1.807) is 24.3 Å². The number of aromatic nitrogens is 2. The van der Waals surface area contributed by atoms with Crippen LogP contribution in [0.5, 0.6) is 0 Å². The van der Waals surface area contributed by atoms with Crippen LogP contribution < -0.4 is 0 Å². The fraction of sp³-hybridized carbons (Fsp3) is 0.0417. The molecule has 1 aromatic heterocycles. The quantitative estimate of drug-likeness (QED) is 0.206. The van der Waals surface area contributed by atoms with Crippen molar-refractivity contribution in [1.82, 2.24) is 9.97 Å². The molecule has 0 aliphatic rings. The average molecular weight is 417 g/mol. The third kappa shape index (κ3) is 4.91. The van der Waals surface area contributed by atoms with Crippen molar-refractivity contribution >= 4 is 29.1 Å². The molecule has 5 heteroatoms. The van der Waals surface area contributed by atoms with Crippen LogP contribution in [-0.2, 0) is 0 Å². The molecule has 0 aliphatic carbocycles. The molecule has 1 heterocycles. The van der Waals surface area contributed by atoms with Crippen LogP contribution in [0.15, 0.2) is 96.2 Å². The number of ketones is 1. The van der Waals surface area contributed by atoms with E-state index in [1.165, 1.54) is 11.8 Å². The van der Waals surface area contributed by atoms with E-state index in [2.05, 4.69) is 9.97 Å². The SMILES string of the molecule is O=C(CSc1nc(-c2ccccc2)cc(-c2ccccc2)n1)c1ccc(Cl)cc1. The number of carbonyl (C=O) groups is 1. The van der Waals surface area contributed by atoms with E-state index < -0.39 is 0 Å². The number of hydrogen-bond acceptors (Lipinski definition) is 4. The van der Waals surface area contributed by atoms with Gasteiger partial charge < -0.3 is 0 Å². The summed E-state index contributed by atoms with van der Waals surface area (Å²) in [6.07, 6.45) is 0. The van der Waals surface area contributed by atoms with E-state index in [9.17, 15) is 4.79 Å². The van der Waals surface area contributed by atoms with Gasteiger partial charge in [-0.3, -0.25) is 4.79 Å². The van der Waals surface area contributed by atoms with Gasteiger partial charge >= 0.3 is 0 Å². The highest BCUT2D eigenvalue weighted by Crippen LogP contribution is 2.27. The fourth-order valence-corrected chi connectivity index (χ4v) is 3.73. The highest BCUT2D eigenvalue weighted by atomic mass is 35.5. The molecule has 0 saturated carbocycles. The molecule has 3 aromatic carbocycles. The van der Waals surface area contributed by atoms with Gasteiger partial charge in [0.1, 0.15) is 0 Å². The molecule has 0 bridgehead atoms. The lowest BCUT2D eigenvalue weighted by Gasteiger charge is -2.08. The van der Waals surface area contributed by atoms with Crippen LogP contribution in [0.3, 0.4) is 0 Å². The maximum absolute atomic E-state index is 12.5. The predicted molar refractivity (Wildman–Crippen MR) is 119 cm³/mol. The van der Waals surface area contributed by atoms with Gasteiger partial charge in [0.2, 0.25) is 0 Å². The third-order valence-corrected chi connectivity index (χ3v) is 5.44. The van der Waals surface area contributed by atoms with Crippen molar-refractivity contribution in [3.63, 3.8) is 0 Å². The molecule has 0 N–H and O–H groups in total. The molecule has 0 spiro atoms. The zero-order valence-corrected chi connectivity index (χ0v) is 17.0. The Hall–Kier alpha value is -2.95. The number of nitrogens with zero attached hydrogens (tertiary/aromatic N) is 2. The first-order chi connectivity index (χ1) is 14.2. The zero-order chi connectivity index (χ0) is 20.1. The lowest BCUT2D eigenvalue weighted by atomic mass is 10.1. The smallest absolute Gasteiger partial charge is 0.189 e. The molecule has 0 unspecified atom stereocenters. The Kier molecular flexibility index (Phi) is 6.03. The van der Waals surface area contributed by atoms with Crippen LogP contribution in [-0.4, -0.2) is 21.5 Å². The van der Waals surface area contributed by atoms with E-state index >= 15 is 0 Å². The van der Waals surface area contributed by atoms with E-state index in [0.29, 0.717) is 15.7 Å². The Morgan fingerprint density at radius 3 is 1.79 bits per heavy atom. The van der Waals surface area contributed by atoms with Crippen LogP contribution >= 0.6 is 23.4 Å². The van der Waals surface area contributed by atoms with Crippen molar-refractivity contribution in [2.75, 3.05) is 5.75 Å². The highest BCUT2D eigenvalue weighted by molar-refractivity contribution is 7.99. The van der Waals surface area contributed by atoms with Gasteiger partial charge in [0, 0.05) is 21.7 Å². The van der Waals surface area contributed by atoms with Gasteiger partial charge in [0.05, 0.1) is 17.1 Å². The number of hydrogen-bond donors (Lipinski definition) is 0. The van der Waals surface area contributed by atoms with Crippen molar-refractivity contribution in [3.05, 3.63) is 102 Å². The second kappa shape index (κ2) is 9.03. The maximum Gasteiger partial charge on any atom is 0.189 e. The van der Waals surface area contributed by atoms with Crippen molar-refractivity contribution in [1.29, 1.82) is 0 Å². The maximum atomic E-state index is 12.5. The molecule has 0 aliphatic heterocycles. The van der Waals surface area contributed by atoms with Crippen LogP contribution in [0.25, 0.3) is 22.5 Å². The third-order valence-electron chi connectivity index (χ3n) is 4.34. The summed E-state index contributed by atoms with van der Waals surface area (Å²) < 4.78 is 0. The largest absolute Gasteiger partial charge is 0.293 e. The Morgan fingerprint density at radius 1 is 0.759 bits per heavy atom. The minimum Gasteiger partial charge on any atom is -0.293 e. The first-order valence-electron chi connectivity index (χ1n) is 9.10. The van der Waals surface area contributed by atoms with E-state index in [1.807, 2.05) is 66.7 Å².